The van der Waals surface area contributed by atoms with E-state index >= 15 is 0 Å². The lowest BCUT2D eigenvalue weighted by Gasteiger charge is -2.40. The highest BCUT2D eigenvalue weighted by Crippen LogP contribution is 2.48. The van der Waals surface area contributed by atoms with Crippen molar-refractivity contribution in [3.63, 3.8) is 0 Å². The highest BCUT2D eigenvalue weighted by molar-refractivity contribution is 7.89. The van der Waals surface area contributed by atoms with E-state index in [0.717, 1.165) is 131 Å². The molecule has 5 heterocycles. The molecule has 236 valence electrons. The molecule has 7 nitrogen and oxygen atoms in total. The van der Waals surface area contributed by atoms with Crippen LogP contribution in [0.1, 0.15) is 79.2 Å². The number of hydrogen-bond donors (Lipinski definition) is 1. The Bertz CT molecular complexity index is 1880. The van der Waals surface area contributed by atoms with Crippen molar-refractivity contribution in [2.24, 2.45) is 5.73 Å². The first kappa shape index (κ1) is 29.1. The molecule has 0 unspecified atom stereocenters. The van der Waals surface area contributed by atoms with Crippen LogP contribution >= 0.6 is 0 Å². The lowest BCUT2D eigenvalue weighted by Crippen LogP contribution is -2.46. The smallest absolute Gasteiger partial charge is 0.264 e. The van der Waals surface area contributed by atoms with Gasteiger partial charge in [0.05, 0.1) is 16.2 Å². The van der Waals surface area contributed by atoms with E-state index in [1.165, 1.54) is 33.3 Å². The molecule has 8 heteroatoms. The van der Waals surface area contributed by atoms with Gasteiger partial charge in [-0.2, -0.15) is 0 Å². The van der Waals surface area contributed by atoms with Crippen molar-refractivity contribution in [3.8, 4) is 11.5 Å². The predicted octanol–water partition coefficient (Wildman–Crippen LogP) is 4.24. The molecule has 0 bridgehead atoms. The van der Waals surface area contributed by atoms with Gasteiger partial charge in [0.25, 0.3) is 10.0 Å². The Labute approximate surface area is 267 Å². The molecule has 45 heavy (non-hydrogen) atoms. The molecule has 0 amide bonds. The fourth-order valence-corrected chi connectivity index (χ4v) is 10.1. The zero-order valence-corrected chi connectivity index (χ0v) is 27.1. The lowest BCUT2D eigenvalue weighted by atomic mass is 9.86. The van der Waals surface area contributed by atoms with Gasteiger partial charge in [-0.05, 0) is 87.7 Å². The number of ether oxygens (including phenoxy) is 1. The SMILES string of the molecule is NCCCCCCN(C1=c2cc3c4c(c2Oc2c1cc1c5c2CCCN5CCC1)CCC[N+]=4CCC3)S(=O)(=O)c1ccccc1. The summed E-state index contributed by atoms with van der Waals surface area (Å²) in [6.07, 6.45) is 12.1. The summed E-state index contributed by atoms with van der Waals surface area (Å²) < 4.78 is 41.1. The number of unbranched alkanes of at least 4 members (excludes halogenated alkanes) is 3. The molecule has 0 spiro atoms. The normalized spacial score (nSPS) is 18.0. The monoisotopic (exact) mass is 625 g/mol. The number of nitrogens with two attached hydrogens (primary N) is 1. The van der Waals surface area contributed by atoms with E-state index < -0.39 is 10.0 Å². The maximum absolute atomic E-state index is 14.8. The molecule has 5 aliphatic heterocycles. The fraction of sp³-hybridized carbons (Fsp3) is 0.486. The van der Waals surface area contributed by atoms with Crippen LogP contribution in [-0.2, 0) is 35.7 Å². The van der Waals surface area contributed by atoms with E-state index in [-0.39, 0.29) is 0 Å². The van der Waals surface area contributed by atoms with Crippen LogP contribution in [0.15, 0.2) is 47.4 Å². The number of anilines is 1. The maximum Gasteiger partial charge on any atom is 0.264 e. The van der Waals surface area contributed by atoms with Gasteiger partial charge in [-0.1, -0.05) is 31.0 Å². The number of fused-ring (bicyclic) bond motifs is 4. The second kappa shape index (κ2) is 11.8. The zero-order chi connectivity index (χ0) is 30.5. The number of sulfonamides is 1. The molecule has 8 rings (SSSR count). The van der Waals surface area contributed by atoms with Gasteiger partial charge < -0.3 is 15.4 Å². The molecular weight excluding hydrogens is 580 g/mol. The Morgan fingerprint density at radius 3 is 2.38 bits per heavy atom. The molecule has 5 aliphatic rings. The van der Waals surface area contributed by atoms with Crippen LogP contribution in [0.2, 0.25) is 0 Å². The number of hydrogen-bond acceptors (Lipinski definition) is 5. The molecule has 0 saturated carbocycles. The number of nitrogens with zero attached hydrogens (tertiary/aromatic N) is 3. The van der Waals surface area contributed by atoms with Gasteiger partial charge >= 0.3 is 0 Å². The fourth-order valence-electron chi connectivity index (χ4n) is 8.59. The summed E-state index contributed by atoms with van der Waals surface area (Å²) in [5.41, 5.74) is 14.1. The Balaban J connectivity index is 1.43. The third-order valence-electron chi connectivity index (χ3n) is 10.6. The summed E-state index contributed by atoms with van der Waals surface area (Å²) in [6, 6.07) is 13.6. The molecular formula is C37H45N4O3S+. The molecule has 0 atom stereocenters. The summed E-state index contributed by atoms with van der Waals surface area (Å²) in [5, 5.41) is 2.30. The topological polar surface area (TPSA) is 78.9 Å². The van der Waals surface area contributed by atoms with Crippen LogP contribution < -0.4 is 30.5 Å². The van der Waals surface area contributed by atoms with Crippen LogP contribution in [0.3, 0.4) is 0 Å². The zero-order valence-electron chi connectivity index (χ0n) is 26.3. The van der Waals surface area contributed by atoms with Crippen molar-refractivity contribution >= 4 is 21.4 Å². The van der Waals surface area contributed by atoms with Crippen LogP contribution in [-0.4, -0.2) is 52.0 Å². The molecule has 0 aliphatic carbocycles. The minimum atomic E-state index is -3.86. The first-order valence-electron chi connectivity index (χ1n) is 17.3. The van der Waals surface area contributed by atoms with Gasteiger partial charge in [0.15, 0.2) is 0 Å². The number of benzene rings is 3. The highest BCUT2D eigenvalue weighted by Gasteiger charge is 2.39. The third kappa shape index (κ3) is 4.87. The molecule has 3 aromatic rings. The molecule has 0 saturated heterocycles. The summed E-state index contributed by atoms with van der Waals surface area (Å²) >= 11 is 0. The van der Waals surface area contributed by atoms with Crippen LogP contribution in [0.5, 0.6) is 11.5 Å². The first-order valence-corrected chi connectivity index (χ1v) is 18.7. The molecule has 0 aromatic heterocycles. The standard InChI is InChI=1S/C37H45N4O3S/c38-18-6-1-2-7-23-41(45(42,43)28-14-4-3-5-15-28)35-31-24-26-12-8-19-39-21-10-16-29(33(26)39)36(31)44-37-30-17-11-22-40-20-9-13-27(34(30)40)25-32(35)37/h3-5,14-15,24-25H,1-2,6-13,16-23,38H2/q+1. The molecule has 2 N–H and O–H groups in total. The summed E-state index contributed by atoms with van der Waals surface area (Å²) in [4.78, 5) is 2.88. The third-order valence-corrected chi connectivity index (χ3v) is 12.4. The quantitative estimate of drug-likeness (QED) is 0.284. The van der Waals surface area contributed by atoms with Gasteiger partial charge in [-0.15, -0.1) is 0 Å². The van der Waals surface area contributed by atoms with E-state index in [0.29, 0.717) is 18.0 Å². The van der Waals surface area contributed by atoms with E-state index in [9.17, 15) is 8.42 Å². The van der Waals surface area contributed by atoms with Crippen molar-refractivity contribution in [2.45, 2.75) is 81.9 Å². The Hall–Kier alpha value is -3.36. The highest BCUT2D eigenvalue weighted by atomic mass is 32.2. The molecule has 0 fully saturated rings. The van der Waals surface area contributed by atoms with Crippen LogP contribution in [0, 0.1) is 0 Å². The van der Waals surface area contributed by atoms with Crippen molar-refractivity contribution in [1.82, 2.24) is 8.88 Å². The van der Waals surface area contributed by atoms with Gasteiger partial charge in [-0.3, -0.25) is 4.31 Å². The van der Waals surface area contributed by atoms with Crippen LogP contribution in [0.25, 0.3) is 5.70 Å². The minimum absolute atomic E-state index is 0.338. The average Bonchev–Trinajstić information content (AvgIpc) is 3.07. The Kier molecular flexibility index (Phi) is 7.61. The number of rotatable bonds is 9. The second-order valence-electron chi connectivity index (χ2n) is 13.4. The molecule has 0 radical (unpaired) electrons. The van der Waals surface area contributed by atoms with Crippen molar-refractivity contribution in [1.29, 1.82) is 0 Å². The Morgan fingerprint density at radius 1 is 0.822 bits per heavy atom. The second-order valence-corrected chi connectivity index (χ2v) is 15.3. The average molecular weight is 626 g/mol. The van der Waals surface area contributed by atoms with E-state index in [1.807, 2.05) is 18.2 Å². The van der Waals surface area contributed by atoms with E-state index in [4.69, 9.17) is 10.5 Å². The summed E-state index contributed by atoms with van der Waals surface area (Å²) in [6.45, 7) is 5.41. The maximum atomic E-state index is 14.8. The van der Waals surface area contributed by atoms with Gasteiger partial charge in [0.1, 0.15) is 24.6 Å². The summed E-state index contributed by atoms with van der Waals surface area (Å²) in [7, 11) is -3.86. The van der Waals surface area contributed by atoms with Crippen LogP contribution in [0.4, 0.5) is 5.69 Å². The van der Waals surface area contributed by atoms with Gasteiger partial charge in [0, 0.05) is 60.1 Å². The van der Waals surface area contributed by atoms with E-state index in [2.05, 4.69) is 21.6 Å². The minimum Gasteiger partial charge on any atom is -0.455 e. The summed E-state index contributed by atoms with van der Waals surface area (Å²) in [5.74, 6) is 1.78. The number of aryl methyl sites for hydroxylation is 2. The van der Waals surface area contributed by atoms with Crippen molar-refractivity contribution in [3.05, 3.63) is 80.9 Å². The van der Waals surface area contributed by atoms with Gasteiger partial charge in [0.2, 0.25) is 5.36 Å². The van der Waals surface area contributed by atoms with Gasteiger partial charge in [-0.25, -0.2) is 13.0 Å². The van der Waals surface area contributed by atoms with Crippen molar-refractivity contribution in [2.75, 3.05) is 44.2 Å². The van der Waals surface area contributed by atoms with Crippen molar-refractivity contribution < 1.29 is 13.2 Å². The first-order chi connectivity index (χ1) is 22.1. The Morgan fingerprint density at radius 2 is 1.56 bits per heavy atom. The van der Waals surface area contributed by atoms with E-state index in [1.54, 1.807) is 16.4 Å². The lowest BCUT2D eigenvalue weighted by molar-refractivity contribution is 0.424. The molecule has 3 aromatic carbocycles. The largest absolute Gasteiger partial charge is 0.455 e. The predicted molar refractivity (Wildman–Crippen MR) is 179 cm³/mol.